The second-order valence-corrected chi connectivity index (χ2v) is 7.63. The number of ether oxygens (including phenoxy) is 1. The third kappa shape index (κ3) is 5.61. The summed E-state index contributed by atoms with van der Waals surface area (Å²) in [5.41, 5.74) is -0.933. The average molecular weight is 305 g/mol. The summed E-state index contributed by atoms with van der Waals surface area (Å²) in [6.45, 7) is 14.0. The first-order chi connectivity index (χ1) is 8.83. The van der Waals surface area contributed by atoms with Gasteiger partial charge < -0.3 is 8.92 Å². The lowest BCUT2D eigenvalue weighted by Gasteiger charge is -2.43. The van der Waals surface area contributed by atoms with Crippen molar-refractivity contribution in [3.05, 3.63) is 0 Å². The predicted octanol–water partition coefficient (Wildman–Crippen LogP) is 3.55. The molecular formula is C14H27NO4S. The Bertz CT molecular complexity index is 357. The molecule has 1 N–H and O–H groups in total. The van der Waals surface area contributed by atoms with E-state index in [2.05, 4.69) is 43.2 Å². The zero-order valence-corrected chi connectivity index (χ0v) is 14.4. The van der Waals surface area contributed by atoms with Crippen LogP contribution in [0.5, 0.6) is 0 Å². The third-order valence-electron chi connectivity index (χ3n) is 3.49. The molecule has 0 spiro atoms. The van der Waals surface area contributed by atoms with Gasteiger partial charge in [0.25, 0.3) is 0 Å². The second-order valence-electron chi connectivity index (χ2n) is 7.45. The molecule has 0 aliphatic heterocycles. The Morgan fingerprint density at radius 2 is 1.55 bits per heavy atom. The summed E-state index contributed by atoms with van der Waals surface area (Å²) in [4.78, 5) is 23.3. The van der Waals surface area contributed by atoms with Crippen molar-refractivity contribution in [3.8, 4) is 0 Å². The van der Waals surface area contributed by atoms with E-state index >= 15 is 0 Å². The summed E-state index contributed by atoms with van der Waals surface area (Å²) in [7, 11) is 0. The summed E-state index contributed by atoms with van der Waals surface area (Å²) in [6.07, 6.45) is -0.0753. The van der Waals surface area contributed by atoms with Gasteiger partial charge in [-0.15, -0.1) is 0 Å². The molecule has 0 aromatic rings. The summed E-state index contributed by atoms with van der Waals surface area (Å²) >= 11 is 3.35. The van der Waals surface area contributed by atoms with E-state index in [9.17, 15) is 9.59 Å². The summed E-state index contributed by atoms with van der Waals surface area (Å²) in [5.74, 6) is -0.334. The standard InChI is InChI=1S/C14H27NO4S/c1-12(2,3)8-14(7,13(4,5)6)10(16)18-9-15-11(17)19-20/h20H,8-9H2,1-7H3,(H,15,17). The highest BCUT2D eigenvalue weighted by Gasteiger charge is 2.47. The maximum atomic E-state index is 12.4. The van der Waals surface area contributed by atoms with Crippen LogP contribution in [0.2, 0.25) is 0 Å². The molecule has 0 aliphatic rings. The minimum atomic E-state index is -0.755. The molecule has 0 saturated heterocycles. The van der Waals surface area contributed by atoms with Crippen molar-refractivity contribution in [2.45, 2.75) is 54.9 Å². The SMILES string of the molecule is CC(C)(C)CC(C)(C(=O)OCNC(=O)OS)C(C)(C)C. The summed E-state index contributed by atoms with van der Waals surface area (Å²) < 4.78 is 9.29. The van der Waals surface area contributed by atoms with Crippen molar-refractivity contribution in [3.63, 3.8) is 0 Å². The molecule has 0 radical (unpaired) electrons. The quantitative estimate of drug-likeness (QED) is 0.361. The molecule has 5 nitrogen and oxygen atoms in total. The highest BCUT2D eigenvalue weighted by molar-refractivity contribution is 7.75. The van der Waals surface area contributed by atoms with Gasteiger partial charge >= 0.3 is 12.1 Å². The lowest BCUT2D eigenvalue weighted by Crippen LogP contribution is -2.45. The minimum Gasteiger partial charge on any atom is -0.444 e. The van der Waals surface area contributed by atoms with Crippen LogP contribution in [0.1, 0.15) is 54.9 Å². The first kappa shape index (κ1) is 19.1. The number of amides is 1. The number of esters is 1. The largest absolute Gasteiger partial charge is 0.444 e. The van der Waals surface area contributed by atoms with E-state index < -0.39 is 11.5 Å². The van der Waals surface area contributed by atoms with Crippen LogP contribution in [0.3, 0.4) is 0 Å². The van der Waals surface area contributed by atoms with Crippen LogP contribution in [-0.2, 0) is 13.7 Å². The molecule has 0 saturated carbocycles. The number of carbonyl (C=O) groups is 2. The minimum absolute atomic E-state index is 0.0154. The summed E-state index contributed by atoms with van der Waals surface area (Å²) in [5, 5.41) is 2.27. The van der Waals surface area contributed by atoms with Gasteiger partial charge in [-0.2, -0.15) is 0 Å². The number of nitrogens with one attached hydrogen (secondary N) is 1. The van der Waals surface area contributed by atoms with Crippen LogP contribution in [0.25, 0.3) is 0 Å². The van der Waals surface area contributed by atoms with Gasteiger partial charge in [-0.3, -0.25) is 10.1 Å². The fourth-order valence-electron chi connectivity index (χ4n) is 2.06. The van der Waals surface area contributed by atoms with Crippen molar-refractivity contribution in [1.82, 2.24) is 5.32 Å². The molecule has 1 atom stereocenters. The van der Waals surface area contributed by atoms with Gasteiger partial charge in [0.15, 0.2) is 6.73 Å². The number of rotatable bonds is 4. The average Bonchev–Trinajstić information content (AvgIpc) is 2.24. The van der Waals surface area contributed by atoms with Gasteiger partial charge in [-0.25, -0.2) is 4.79 Å². The van der Waals surface area contributed by atoms with E-state index in [4.69, 9.17) is 4.74 Å². The Kier molecular flexibility index (Phi) is 6.39. The van der Waals surface area contributed by atoms with Crippen molar-refractivity contribution < 1.29 is 18.5 Å². The van der Waals surface area contributed by atoms with Gasteiger partial charge in [0, 0.05) is 12.9 Å². The van der Waals surface area contributed by atoms with Crippen molar-refractivity contribution in [1.29, 1.82) is 0 Å². The molecule has 0 aromatic heterocycles. The second kappa shape index (κ2) is 6.70. The molecule has 0 aromatic carbocycles. The fraction of sp³-hybridized carbons (Fsp3) is 0.857. The Morgan fingerprint density at radius 1 is 1.05 bits per heavy atom. The van der Waals surface area contributed by atoms with Crippen molar-refractivity contribution in [2.75, 3.05) is 6.73 Å². The van der Waals surface area contributed by atoms with Crippen LogP contribution < -0.4 is 5.32 Å². The van der Waals surface area contributed by atoms with Crippen molar-refractivity contribution >= 4 is 25.0 Å². The van der Waals surface area contributed by atoms with E-state index in [1.807, 2.05) is 27.7 Å². The molecule has 0 fully saturated rings. The molecule has 1 unspecified atom stereocenters. The van der Waals surface area contributed by atoms with Crippen LogP contribution in [0.4, 0.5) is 4.79 Å². The molecule has 0 bridgehead atoms. The highest BCUT2D eigenvalue weighted by atomic mass is 32.1. The van der Waals surface area contributed by atoms with Crippen LogP contribution >= 0.6 is 12.9 Å². The number of carbonyl (C=O) groups excluding carboxylic acids is 2. The Balaban J connectivity index is 4.89. The predicted molar refractivity (Wildman–Crippen MR) is 81.2 cm³/mol. The van der Waals surface area contributed by atoms with Crippen molar-refractivity contribution in [2.24, 2.45) is 16.2 Å². The monoisotopic (exact) mass is 305 g/mol. The molecular weight excluding hydrogens is 278 g/mol. The van der Waals surface area contributed by atoms with Gasteiger partial charge in [-0.1, -0.05) is 41.5 Å². The Labute approximate surface area is 127 Å². The fourth-order valence-corrected chi connectivity index (χ4v) is 2.12. The first-order valence-electron chi connectivity index (χ1n) is 6.60. The van der Waals surface area contributed by atoms with E-state index in [1.54, 1.807) is 0 Å². The first-order valence-corrected chi connectivity index (χ1v) is 6.96. The number of thiol groups is 1. The van der Waals surface area contributed by atoms with Gasteiger partial charge in [0.2, 0.25) is 0 Å². The smallest absolute Gasteiger partial charge is 0.421 e. The lowest BCUT2D eigenvalue weighted by atomic mass is 9.61. The Hall–Kier alpha value is -0.910. The number of hydrogen-bond donors (Lipinski definition) is 2. The topological polar surface area (TPSA) is 64.6 Å². The molecule has 6 heteroatoms. The van der Waals surface area contributed by atoms with Crippen LogP contribution in [0, 0.1) is 16.2 Å². The third-order valence-corrected chi connectivity index (χ3v) is 3.66. The molecule has 0 rings (SSSR count). The molecule has 0 heterocycles. The maximum absolute atomic E-state index is 12.4. The Morgan fingerprint density at radius 3 is 1.90 bits per heavy atom. The van der Waals surface area contributed by atoms with E-state index in [-0.39, 0.29) is 23.5 Å². The molecule has 1 amide bonds. The molecule has 0 aliphatic carbocycles. The molecule has 118 valence electrons. The van der Waals surface area contributed by atoms with Crippen LogP contribution in [-0.4, -0.2) is 18.8 Å². The lowest BCUT2D eigenvalue weighted by molar-refractivity contribution is -0.165. The van der Waals surface area contributed by atoms with E-state index in [0.717, 1.165) is 0 Å². The zero-order valence-electron chi connectivity index (χ0n) is 13.5. The van der Waals surface area contributed by atoms with Gasteiger partial charge in [0.05, 0.1) is 5.41 Å². The van der Waals surface area contributed by atoms with E-state index in [0.29, 0.717) is 6.42 Å². The number of hydrogen-bond acceptors (Lipinski definition) is 5. The molecule has 20 heavy (non-hydrogen) atoms. The summed E-state index contributed by atoms with van der Waals surface area (Å²) in [6, 6.07) is 0. The van der Waals surface area contributed by atoms with Gasteiger partial charge in [-0.05, 0) is 24.2 Å². The van der Waals surface area contributed by atoms with E-state index in [1.165, 1.54) is 0 Å². The maximum Gasteiger partial charge on any atom is 0.421 e. The zero-order chi connectivity index (χ0) is 16.2. The van der Waals surface area contributed by atoms with Crippen LogP contribution in [0.15, 0.2) is 0 Å². The highest BCUT2D eigenvalue weighted by Crippen LogP contribution is 2.47. The normalized spacial score (nSPS) is 15.2. The van der Waals surface area contributed by atoms with Gasteiger partial charge in [0.1, 0.15) is 0 Å².